The third-order valence-corrected chi connectivity index (χ3v) is 3.05. The molecule has 0 unspecified atom stereocenters. The normalized spacial score (nSPS) is 10.5. The molecule has 0 atom stereocenters. The van der Waals surface area contributed by atoms with Crippen LogP contribution in [0.15, 0.2) is 34.7 Å². The first-order valence-corrected chi connectivity index (χ1v) is 6.27. The first kappa shape index (κ1) is 13.4. The molecule has 0 bridgehead atoms. The van der Waals surface area contributed by atoms with E-state index in [4.69, 9.17) is 10.2 Å². The van der Waals surface area contributed by atoms with Crippen molar-refractivity contribution in [1.82, 2.24) is 5.32 Å². The fraction of sp³-hybridized carbons (Fsp3) is 0.267. The van der Waals surface area contributed by atoms with Crippen molar-refractivity contribution in [2.75, 3.05) is 13.1 Å². The minimum atomic E-state index is -0.236. The minimum absolute atomic E-state index is 0.236. The number of hydrogen-bond donors (Lipinski definition) is 2. The van der Waals surface area contributed by atoms with Gasteiger partial charge in [-0.15, -0.1) is 0 Å². The number of carbonyl (C=O) groups excluding carboxylic acids is 1. The van der Waals surface area contributed by atoms with E-state index >= 15 is 0 Å². The van der Waals surface area contributed by atoms with Crippen LogP contribution in [0.5, 0.6) is 0 Å². The van der Waals surface area contributed by atoms with Crippen molar-refractivity contribution in [3.63, 3.8) is 0 Å². The van der Waals surface area contributed by atoms with E-state index in [2.05, 4.69) is 25.2 Å². The zero-order valence-corrected chi connectivity index (χ0v) is 11.2. The Bertz CT molecular complexity index is 588. The van der Waals surface area contributed by atoms with Gasteiger partial charge in [-0.05, 0) is 43.2 Å². The van der Waals surface area contributed by atoms with E-state index in [1.165, 1.54) is 11.1 Å². The molecule has 1 amide bonds. The van der Waals surface area contributed by atoms with Gasteiger partial charge in [-0.25, -0.2) is 0 Å². The Kier molecular flexibility index (Phi) is 4.02. The monoisotopic (exact) mass is 258 g/mol. The fourth-order valence-corrected chi connectivity index (χ4v) is 1.78. The lowest BCUT2D eigenvalue weighted by Gasteiger charge is -2.03. The van der Waals surface area contributed by atoms with Crippen LogP contribution in [0, 0.1) is 13.8 Å². The van der Waals surface area contributed by atoms with Crippen molar-refractivity contribution in [2.24, 2.45) is 5.73 Å². The third kappa shape index (κ3) is 3.03. The average molecular weight is 258 g/mol. The number of benzene rings is 1. The SMILES string of the molecule is Cc1ccc(-c2ccc(C(=O)NCCN)o2)cc1C. The Labute approximate surface area is 112 Å². The second-order valence-electron chi connectivity index (χ2n) is 4.51. The van der Waals surface area contributed by atoms with E-state index in [9.17, 15) is 4.79 Å². The van der Waals surface area contributed by atoms with Crippen molar-refractivity contribution >= 4 is 5.91 Å². The Balaban J connectivity index is 2.20. The van der Waals surface area contributed by atoms with Gasteiger partial charge in [0.2, 0.25) is 0 Å². The van der Waals surface area contributed by atoms with Crippen LogP contribution in [-0.4, -0.2) is 19.0 Å². The lowest BCUT2D eigenvalue weighted by atomic mass is 10.1. The molecular weight excluding hydrogens is 240 g/mol. The molecule has 0 fully saturated rings. The zero-order valence-electron chi connectivity index (χ0n) is 11.2. The van der Waals surface area contributed by atoms with Gasteiger partial charge in [-0.1, -0.05) is 12.1 Å². The van der Waals surface area contributed by atoms with Crippen LogP contribution in [0.2, 0.25) is 0 Å². The third-order valence-electron chi connectivity index (χ3n) is 3.05. The summed E-state index contributed by atoms with van der Waals surface area (Å²) >= 11 is 0. The molecule has 0 spiro atoms. The van der Waals surface area contributed by atoms with Gasteiger partial charge in [0.1, 0.15) is 5.76 Å². The second-order valence-corrected chi connectivity index (χ2v) is 4.51. The first-order valence-electron chi connectivity index (χ1n) is 6.27. The Morgan fingerprint density at radius 2 is 2.00 bits per heavy atom. The van der Waals surface area contributed by atoms with E-state index < -0.39 is 0 Å². The lowest BCUT2D eigenvalue weighted by molar-refractivity contribution is 0.0928. The topological polar surface area (TPSA) is 68.3 Å². The zero-order chi connectivity index (χ0) is 13.8. The van der Waals surface area contributed by atoms with Crippen LogP contribution in [0.1, 0.15) is 21.7 Å². The van der Waals surface area contributed by atoms with E-state index in [1.54, 1.807) is 6.07 Å². The number of carbonyl (C=O) groups is 1. The van der Waals surface area contributed by atoms with Gasteiger partial charge in [0.25, 0.3) is 5.91 Å². The molecule has 0 saturated heterocycles. The van der Waals surface area contributed by atoms with Crippen molar-refractivity contribution < 1.29 is 9.21 Å². The fourth-order valence-electron chi connectivity index (χ4n) is 1.78. The molecule has 4 heteroatoms. The van der Waals surface area contributed by atoms with Crippen LogP contribution in [-0.2, 0) is 0 Å². The lowest BCUT2D eigenvalue weighted by Crippen LogP contribution is -2.28. The molecule has 1 heterocycles. The Morgan fingerprint density at radius 3 is 2.68 bits per heavy atom. The average Bonchev–Trinajstić information content (AvgIpc) is 2.89. The maximum absolute atomic E-state index is 11.7. The van der Waals surface area contributed by atoms with E-state index in [0.29, 0.717) is 24.6 Å². The summed E-state index contributed by atoms with van der Waals surface area (Å²) in [5.41, 5.74) is 8.74. The molecular formula is C15H18N2O2. The molecule has 100 valence electrons. The number of amides is 1. The summed E-state index contributed by atoms with van der Waals surface area (Å²) in [6.45, 7) is 4.97. The smallest absolute Gasteiger partial charge is 0.287 e. The van der Waals surface area contributed by atoms with Gasteiger partial charge in [0.05, 0.1) is 0 Å². The number of nitrogens with one attached hydrogen (secondary N) is 1. The highest BCUT2D eigenvalue weighted by molar-refractivity contribution is 5.92. The van der Waals surface area contributed by atoms with Gasteiger partial charge in [0.15, 0.2) is 5.76 Å². The summed E-state index contributed by atoms with van der Waals surface area (Å²) in [4.78, 5) is 11.7. The van der Waals surface area contributed by atoms with Gasteiger partial charge >= 0.3 is 0 Å². The number of nitrogens with two attached hydrogens (primary N) is 1. The largest absolute Gasteiger partial charge is 0.451 e. The number of rotatable bonds is 4. The van der Waals surface area contributed by atoms with Crippen molar-refractivity contribution in [3.05, 3.63) is 47.2 Å². The Hall–Kier alpha value is -2.07. The second kappa shape index (κ2) is 5.71. The molecule has 4 nitrogen and oxygen atoms in total. The van der Waals surface area contributed by atoms with Crippen LogP contribution in [0.4, 0.5) is 0 Å². The number of hydrogen-bond acceptors (Lipinski definition) is 3. The van der Waals surface area contributed by atoms with Gasteiger partial charge in [-0.2, -0.15) is 0 Å². The van der Waals surface area contributed by atoms with Crippen molar-refractivity contribution in [1.29, 1.82) is 0 Å². The first-order chi connectivity index (χ1) is 9.11. The van der Waals surface area contributed by atoms with Crippen molar-refractivity contribution in [3.8, 4) is 11.3 Å². The van der Waals surface area contributed by atoms with E-state index in [1.807, 2.05) is 18.2 Å². The summed E-state index contributed by atoms with van der Waals surface area (Å²) in [5, 5.41) is 2.68. The standard InChI is InChI=1S/C15H18N2O2/c1-10-3-4-12(9-11(10)2)13-5-6-14(19-13)15(18)17-8-7-16/h3-6,9H,7-8,16H2,1-2H3,(H,17,18). The highest BCUT2D eigenvalue weighted by Crippen LogP contribution is 2.24. The number of furan rings is 1. The molecule has 2 rings (SSSR count). The maximum Gasteiger partial charge on any atom is 0.287 e. The molecule has 1 aromatic carbocycles. The van der Waals surface area contributed by atoms with Crippen LogP contribution >= 0.6 is 0 Å². The van der Waals surface area contributed by atoms with Crippen LogP contribution < -0.4 is 11.1 Å². The Morgan fingerprint density at radius 1 is 1.21 bits per heavy atom. The summed E-state index contributed by atoms with van der Waals surface area (Å²) < 4.78 is 5.57. The maximum atomic E-state index is 11.7. The summed E-state index contributed by atoms with van der Waals surface area (Å²) in [7, 11) is 0. The summed E-state index contributed by atoms with van der Waals surface area (Å²) in [6.07, 6.45) is 0. The van der Waals surface area contributed by atoms with Gasteiger partial charge < -0.3 is 15.5 Å². The molecule has 3 N–H and O–H groups in total. The molecule has 0 radical (unpaired) electrons. The van der Waals surface area contributed by atoms with Crippen LogP contribution in [0.3, 0.4) is 0 Å². The van der Waals surface area contributed by atoms with Crippen LogP contribution in [0.25, 0.3) is 11.3 Å². The molecule has 1 aromatic heterocycles. The molecule has 0 aliphatic carbocycles. The van der Waals surface area contributed by atoms with Gasteiger partial charge in [0, 0.05) is 18.7 Å². The number of aryl methyl sites for hydroxylation is 2. The van der Waals surface area contributed by atoms with E-state index in [0.717, 1.165) is 5.56 Å². The molecule has 0 aliphatic rings. The molecule has 19 heavy (non-hydrogen) atoms. The highest BCUT2D eigenvalue weighted by Gasteiger charge is 2.11. The highest BCUT2D eigenvalue weighted by atomic mass is 16.3. The molecule has 2 aromatic rings. The van der Waals surface area contributed by atoms with E-state index in [-0.39, 0.29) is 5.91 Å². The summed E-state index contributed by atoms with van der Waals surface area (Å²) in [5.74, 6) is 0.767. The van der Waals surface area contributed by atoms with Gasteiger partial charge in [-0.3, -0.25) is 4.79 Å². The molecule has 0 aliphatic heterocycles. The molecule has 0 saturated carbocycles. The quantitative estimate of drug-likeness (QED) is 0.883. The predicted molar refractivity (Wildman–Crippen MR) is 75.0 cm³/mol. The minimum Gasteiger partial charge on any atom is -0.451 e. The van der Waals surface area contributed by atoms with Crippen molar-refractivity contribution in [2.45, 2.75) is 13.8 Å². The predicted octanol–water partition coefficient (Wildman–Crippen LogP) is 2.25. The summed E-state index contributed by atoms with van der Waals surface area (Å²) in [6, 6.07) is 9.57.